The zero-order valence-electron chi connectivity index (χ0n) is 11.7. The van der Waals surface area contributed by atoms with Gasteiger partial charge in [-0.25, -0.2) is 0 Å². The predicted molar refractivity (Wildman–Crippen MR) is 73.0 cm³/mol. The third-order valence-electron chi connectivity index (χ3n) is 2.65. The van der Waals surface area contributed by atoms with Crippen LogP contribution in [0.1, 0.15) is 25.1 Å². The van der Waals surface area contributed by atoms with Crippen LogP contribution in [-0.4, -0.2) is 37.1 Å². The third kappa shape index (κ3) is 5.80. The predicted octanol–water partition coefficient (Wildman–Crippen LogP) is 2.07. The summed E-state index contributed by atoms with van der Waals surface area (Å²) in [6, 6.07) is 4.19. The van der Waals surface area contributed by atoms with Crippen molar-refractivity contribution in [2.45, 2.75) is 27.3 Å². The molecule has 0 saturated carbocycles. The highest BCUT2D eigenvalue weighted by Crippen LogP contribution is 2.14. The van der Waals surface area contributed by atoms with Gasteiger partial charge in [0.2, 0.25) is 0 Å². The molecule has 0 spiro atoms. The van der Waals surface area contributed by atoms with Crippen LogP contribution in [0, 0.1) is 12.3 Å². The molecule has 0 unspecified atom stereocenters. The van der Waals surface area contributed by atoms with Gasteiger partial charge in [0.05, 0.1) is 0 Å². The quantitative estimate of drug-likeness (QED) is 0.818. The molecular formula is C14H25N3. The molecule has 1 aromatic heterocycles. The van der Waals surface area contributed by atoms with Gasteiger partial charge in [0.1, 0.15) is 0 Å². The Labute approximate surface area is 105 Å². The molecule has 0 bridgehead atoms. The lowest BCUT2D eigenvalue weighted by Gasteiger charge is -2.28. The average Bonchev–Trinajstić information content (AvgIpc) is 2.18. The van der Waals surface area contributed by atoms with Gasteiger partial charge < -0.3 is 10.2 Å². The highest BCUT2D eigenvalue weighted by molar-refractivity contribution is 5.12. The second-order valence-corrected chi connectivity index (χ2v) is 5.81. The molecular weight excluding hydrogens is 210 g/mol. The summed E-state index contributed by atoms with van der Waals surface area (Å²) in [4.78, 5) is 6.53. The number of hydrogen-bond acceptors (Lipinski definition) is 3. The Balaban J connectivity index is 2.34. The van der Waals surface area contributed by atoms with Crippen molar-refractivity contribution < 1.29 is 0 Å². The Morgan fingerprint density at radius 1 is 1.29 bits per heavy atom. The van der Waals surface area contributed by atoms with E-state index in [2.05, 4.69) is 55.3 Å². The first kappa shape index (κ1) is 14.1. The van der Waals surface area contributed by atoms with E-state index >= 15 is 0 Å². The van der Waals surface area contributed by atoms with Gasteiger partial charge >= 0.3 is 0 Å². The van der Waals surface area contributed by atoms with E-state index in [1.807, 2.05) is 13.1 Å². The van der Waals surface area contributed by atoms with Crippen molar-refractivity contribution in [3.63, 3.8) is 0 Å². The van der Waals surface area contributed by atoms with E-state index < -0.39 is 0 Å². The SMILES string of the molecule is Cc1ccc(CNCC(C)(C)CN(C)C)cn1. The van der Waals surface area contributed by atoms with Crippen LogP contribution in [0.5, 0.6) is 0 Å². The van der Waals surface area contributed by atoms with E-state index in [1.54, 1.807) is 0 Å². The van der Waals surface area contributed by atoms with E-state index in [0.717, 1.165) is 25.3 Å². The smallest absolute Gasteiger partial charge is 0.0372 e. The van der Waals surface area contributed by atoms with Crippen molar-refractivity contribution in [1.82, 2.24) is 15.2 Å². The molecule has 1 aromatic rings. The van der Waals surface area contributed by atoms with E-state index in [-0.39, 0.29) is 0 Å². The molecule has 3 nitrogen and oxygen atoms in total. The summed E-state index contributed by atoms with van der Waals surface area (Å²) in [6.45, 7) is 9.58. The van der Waals surface area contributed by atoms with Gasteiger partial charge in [-0.05, 0) is 38.1 Å². The van der Waals surface area contributed by atoms with Crippen LogP contribution in [0.25, 0.3) is 0 Å². The first-order chi connectivity index (χ1) is 7.89. The maximum Gasteiger partial charge on any atom is 0.0372 e. The fourth-order valence-corrected chi connectivity index (χ4v) is 2.06. The summed E-state index contributed by atoms with van der Waals surface area (Å²) >= 11 is 0. The lowest BCUT2D eigenvalue weighted by atomic mass is 9.93. The van der Waals surface area contributed by atoms with Crippen LogP contribution in [0.4, 0.5) is 0 Å². The molecule has 17 heavy (non-hydrogen) atoms. The van der Waals surface area contributed by atoms with Crippen LogP contribution >= 0.6 is 0 Å². The number of nitrogens with one attached hydrogen (secondary N) is 1. The number of hydrogen-bond donors (Lipinski definition) is 1. The Morgan fingerprint density at radius 3 is 2.53 bits per heavy atom. The number of aryl methyl sites for hydroxylation is 1. The Kier molecular flexibility index (Phi) is 5.09. The molecule has 1 rings (SSSR count). The van der Waals surface area contributed by atoms with E-state index in [0.29, 0.717) is 5.41 Å². The molecule has 0 radical (unpaired) electrons. The van der Waals surface area contributed by atoms with Crippen molar-refractivity contribution in [2.75, 3.05) is 27.2 Å². The molecule has 0 aliphatic carbocycles. The largest absolute Gasteiger partial charge is 0.312 e. The zero-order valence-corrected chi connectivity index (χ0v) is 11.7. The second-order valence-electron chi connectivity index (χ2n) is 5.81. The van der Waals surface area contributed by atoms with Gasteiger partial charge in [-0.2, -0.15) is 0 Å². The molecule has 1 heterocycles. The number of pyridine rings is 1. The first-order valence-electron chi connectivity index (χ1n) is 6.16. The highest BCUT2D eigenvalue weighted by atomic mass is 15.1. The van der Waals surface area contributed by atoms with Crippen LogP contribution in [0.3, 0.4) is 0 Å². The van der Waals surface area contributed by atoms with Crippen LogP contribution in [-0.2, 0) is 6.54 Å². The van der Waals surface area contributed by atoms with Gasteiger partial charge in [0, 0.05) is 31.5 Å². The van der Waals surface area contributed by atoms with Crippen molar-refractivity contribution >= 4 is 0 Å². The monoisotopic (exact) mass is 235 g/mol. The third-order valence-corrected chi connectivity index (χ3v) is 2.65. The maximum atomic E-state index is 4.29. The lowest BCUT2D eigenvalue weighted by molar-refractivity contribution is 0.232. The Morgan fingerprint density at radius 2 is 2.00 bits per heavy atom. The molecule has 96 valence electrons. The Hall–Kier alpha value is -0.930. The molecule has 0 aliphatic heterocycles. The lowest BCUT2D eigenvalue weighted by Crippen LogP contribution is -2.37. The van der Waals surface area contributed by atoms with Gasteiger partial charge in [-0.3, -0.25) is 4.98 Å². The fourth-order valence-electron chi connectivity index (χ4n) is 2.06. The topological polar surface area (TPSA) is 28.2 Å². The summed E-state index contributed by atoms with van der Waals surface area (Å²) in [5.74, 6) is 0. The normalized spacial score (nSPS) is 12.1. The van der Waals surface area contributed by atoms with Gasteiger partial charge in [0.25, 0.3) is 0 Å². The van der Waals surface area contributed by atoms with Crippen molar-refractivity contribution in [3.05, 3.63) is 29.6 Å². The molecule has 1 N–H and O–H groups in total. The molecule has 0 amide bonds. The minimum atomic E-state index is 0.293. The van der Waals surface area contributed by atoms with Gasteiger partial charge in [-0.15, -0.1) is 0 Å². The summed E-state index contributed by atoms with van der Waals surface area (Å²) in [6.07, 6.45) is 1.95. The number of nitrogens with zero attached hydrogens (tertiary/aromatic N) is 2. The van der Waals surface area contributed by atoms with Crippen LogP contribution < -0.4 is 5.32 Å². The summed E-state index contributed by atoms with van der Waals surface area (Å²) in [5, 5.41) is 3.50. The summed E-state index contributed by atoms with van der Waals surface area (Å²) in [5.41, 5.74) is 2.61. The number of aromatic nitrogens is 1. The van der Waals surface area contributed by atoms with Gasteiger partial charge in [0.15, 0.2) is 0 Å². The number of rotatable bonds is 6. The molecule has 0 aromatic carbocycles. The van der Waals surface area contributed by atoms with E-state index in [4.69, 9.17) is 0 Å². The summed E-state index contributed by atoms with van der Waals surface area (Å²) < 4.78 is 0. The average molecular weight is 235 g/mol. The molecule has 0 fully saturated rings. The minimum absolute atomic E-state index is 0.293. The molecule has 0 aliphatic rings. The first-order valence-corrected chi connectivity index (χ1v) is 6.16. The second kappa shape index (κ2) is 6.12. The van der Waals surface area contributed by atoms with Crippen LogP contribution in [0.2, 0.25) is 0 Å². The van der Waals surface area contributed by atoms with Crippen LogP contribution in [0.15, 0.2) is 18.3 Å². The summed E-state index contributed by atoms with van der Waals surface area (Å²) in [7, 11) is 4.23. The van der Waals surface area contributed by atoms with Crippen molar-refractivity contribution in [2.24, 2.45) is 5.41 Å². The van der Waals surface area contributed by atoms with Crippen molar-refractivity contribution in [1.29, 1.82) is 0 Å². The maximum absolute atomic E-state index is 4.29. The minimum Gasteiger partial charge on any atom is -0.312 e. The van der Waals surface area contributed by atoms with E-state index in [9.17, 15) is 0 Å². The van der Waals surface area contributed by atoms with Gasteiger partial charge in [-0.1, -0.05) is 19.9 Å². The van der Waals surface area contributed by atoms with Crippen molar-refractivity contribution in [3.8, 4) is 0 Å². The fraction of sp³-hybridized carbons (Fsp3) is 0.643. The molecule has 3 heteroatoms. The molecule has 0 atom stereocenters. The zero-order chi connectivity index (χ0) is 12.9. The standard InChI is InChI=1S/C14H25N3/c1-12-6-7-13(9-16-12)8-15-10-14(2,3)11-17(4)5/h6-7,9,15H,8,10-11H2,1-5H3. The van der Waals surface area contributed by atoms with E-state index in [1.165, 1.54) is 5.56 Å². The molecule has 0 saturated heterocycles. The Bertz CT molecular complexity index is 328. The highest BCUT2D eigenvalue weighted by Gasteiger charge is 2.17.